The second-order valence-electron chi connectivity index (χ2n) is 5.34. The van der Waals surface area contributed by atoms with E-state index in [0.717, 1.165) is 18.2 Å². The predicted octanol–water partition coefficient (Wildman–Crippen LogP) is 2.68. The Bertz CT molecular complexity index is 614. The average Bonchev–Trinajstić information content (AvgIpc) is 2.44. The van der Waals surface area contributed by atoms with Gasteiger partial charge in [0.25, 0.3) is 5.78 Å². The van der Waals surface area contributed by atoms with Gasteiger partial charge in [0.15, 0.2) is 0 Å². The van der Waals surface area contributed by atoms with Crippen molar-refractivity contribution in [2.75, 3.05) is 0 Å². The molecule has 5 nitrogen and oxygen atoms in total. The van der Waals surface area contributed by atoms with Crippen LogP contribution in [0.3, 0.4) is 0 Å². The van der Waals surface area contributed by atoms with Crippen LogP contribution >= 0.6 is 0 Å². The van der Waals surface area contributed by atoms with Gasteiger partial charge < -0.3 is 9.47 Å². The molecule has 0 fully saturated rings. The third kappa shape index (κ3) is 6.02. The summed E-state index contributed by atoms with van der Waals surface area (Å²) in [7, 11) is 0. The van der Waals surface area contributed by atoms with Crippen molar-refractivity contribution in [3.8, 4) is 0 Å². The molecule has 0 saturated carbocycles. The molecule has 0 amide bonds. The summed E-state index contributed by atoms with van der Waals surface area (Å²) in [6.07, 6.45) is -0.0244. The van der Waals surface area contributed by atoms with Crippen LogP contribution in [0.1, 0.15) is 33.3 Å². The molecule has 1 aromatic rings. The first kappa shape index (κ1) is 18.5. The summed E-state index contributed by atoms with van der Waals surface area (Å²) in [6.45, 7) is 6.50. The van der Waals surface area contributed by atoms with E-state index in [1.807, 2.05) is 0 Å². The lowest BCUT2D eigenvalue weighted by Crippen LogP contribution is -2.21. The van der Waals surface area contributed by atoms with E-state index in [1.54, 1.807) is 27.7 Å². The van der Waals surface area contributed by atoms with E-state index in [1.165, 1.54) is 12.1 Å². The van der Waals surface area contributed by atoms with E-state index in [9.17, 15) is 18.8 Å². The Labute approximate surface area is 134 Å². The first-order chi connectivity index (χ1) is 10.7. The zero-order valence-corrected chi connectivity index (χ0v) is 13.5. The van der Waals surface area contributed by atoms with Crippen LogP contribution in [0.2, 0.25) is 0 Å². The SMILES string of the molecule is CC(C)OC(=O)C(=O)/C=C(/C(=O)OC(C)C)c1ccc(F)cc1. The molecule has 1 aromatic carbocycles. The van der Waals surface area contributed by atoms with Gasteiger partial charge in [0, 0.05) is 6.08 Å². The minimum atomic E-state index is -1.07. The van der Waals surface area contributed by atoms with Crippen LogP contribution in [0.5, 0.6) is 0 Å². The molecule has 23 heavy (non-hydrogen) atoms. The number of esters is 2. The molecule has 0 heterocycles. The predicted molar refractivity (Wildman–Crippen MR) is 81.8 cm³/mol. The number of halogens is 1. The zero-order valence-electron chi connectivity index (χ0n) is 13.5. The summed E-state index contributed by atoms with van der Waals surface area (Å²) in [4.78, 5) is 35.6. The maximum absolute atomic E-state index is 13.0. The van der Waals surface area contributed by atoms with E-state index in [-0.39, 0.29) is 11.1 Å². The lowest BCUT2D eigenvalue weighted by molar-refractivity contribution is -0.154. The van der Waals surface area contributed by atoms with Gasteiger partial charge in [0.05, 0.1) is 17.8 Å². The highest BCUT2D eigenvalue weighted by Gasteiger charge is 2.21. The fourth-order valence-corrected chi connectivity index (χ4v) is 1.63. The van der Waals surface area contributed by atoms with Crippen molar-refractivity contribution in [3.05, 3.63) is 41.7 Å². The normalized spacial score (nSPS) is 11.5. The van der Waals surface area contributed by atoms with Crippen molar-refractivity contribution in [1.29, 1.82) is 0 Å². The summed E-state index contributed by atoms with van der Waals surface area (Å²) in [5, 5.41) is 0. The third-order valence-corrected chi connectivity index (χ3v) is 2.54. The zero-order chi connectivity index (χ0) is 17.6. The molecule has 0 aliphatic carbocycles. The molecule has 0 spiro atoms. The average molecular weight is 322 g/mol. The first-order valence-electron chi connectivity index (χ1n) is 7.14. The van der Waals surface area contributed by atoms with Crippen molar-refractivity contribution in [2.24, 2.45) is 0 Å². The van der Waals surface area contributed by atoms with Crippen molar-refractivity contribution < 1.29 is 28.2 Å². The molecule has 0 N–H and O–H groups in total. The van der Waals surface area contributed by atoms with Crippen molar-refractivity contribution in [3.63, 3.8) is 0 Å². The Morgan fingerprint density at radius 1 is 0.913 bits per heavy atom. The van der Waals surface area contributed by atoms with Gasteiger partial charge in [0.1, 0.15) is 5.82 Å². The molecular formula is C17H19FO5. The van der Waals surface area contributed by atoms with Gasteiger partial charge in [0.2, 0.25) is 0 Å². The molecule has 0 aromatic heterocycles. The topological polar surface area (TPSA) is 69.7 Å². The molecule has 6 heteroatoms. The first-order valence-corrected chi connectivity index (χ1v) is 7.14. The number of carbonyl (C=O) groups excluding carboxylic acids is 3. The number of hydrogen-bond donors (Lipinski definition) is 0. The number of hydrogen-bond acceptors (Lipinski definition) is 5. The summed E-state index contributed by atoms with van der Waals surface area (Å²) in [5.74, 6) is -3.33. The van der Waals surface area contributed by atoms with Gasteiger partial charge in [-0.1, -0.05) is 12.1 Å². The van der Waals surface area contributed by atoms with E-state index in [2.05, 4.69) is 0 Å². The number of carbonyl (C=O) groups is 3. The number of rotatable bonds is 6. The molecule has 0 saturated heterocycles. The highest BCUT2D eigenvalue weighted by Crippen LogP contribution is 2.18. The Balaban J connectivity index is 3.15. The van der Waals surface area contributed by atoms with Gasteiger partial charge in [-0.05, 0) is 45.4 Å². The van der Waals surface area contributed by atoms with Crippen LogP contribution in [0, 0.1) is 5.82 Å². The van der Waals surface area contributed by atoms with Crippen molar-refractivity contribution in [2.45, 2.75) is 39.9 Å². The Morgan fingerprint density at radius 2 is 1.39 bits per heavy atom. The monoisotopic (exact) mass is 322 g/mol. The van der Waals surface area contributed by atoms with Crippen LogP contribution in [-0.2, 0) is 23.9 Å². The molecule has 0 radical (unpaired) electrons. The molecule has 0 aliphatic heterocycles. The molecule has 124 valence electrons. The quantitative estimate of drug-likeness (QED) is 0.457. The summed E-state index contributed by atoms with van der Waals surface area (Å²) < 4.78 is 22.9. The summed E-state index contributed by atoms with van der Waals surface area (Å²) in [5.41, 5.74) is 0.132. The molecule has 0 atom stereocenters. The number of benzene rings is 1. The van der Waals surface area contributed by atoms with Gasteiger partial charge in [-0.3, -0.25) is 4.79 Å². The highest BCUT2D eigenvalue weighted by molar-refractivity contribution is 6.42. The minimum Gasteiger partial charge on any atom is -0.459 e. The van der Waals surface area contributed by atoms with Crippen LogP contribution in [0.15, 0.2) is 30.3 Å². The number of ketones is 1. The maximum atomic E-state index is 13.0. The lowest BCUT2D eigenvalue weighted by Gasteiger charge is -2.11. The van der Waals surface area contributed by atoms with E-state index in [4.69, 9.17) is 9.47 Å². The highest BCUT2D eigenvalue weighted by atomic mass is 19.1. The molecule has 0 unspecified atom stereocenters. The number of ether oxygens (including phenoxy) is 2. The fourth-order valence-electron chi connectivity index (χ4n) is 1.63. The van der Waals surface area contributed by atoms with Gasteiger partial charge >= 0.3 is 11.9 Å². The minimum absolute atomic E-state index is 0.135. The van der Waals surface area contributed by atoms with E-state index < -0.39 is 35.7 Å². The molecule has 1 rings (SSSR count). The smallest absolute Gasteiger partial charge is 0.379 e. The summed E-state index contributed by atoms with van der Waals surface area (Å²) in [6, 6.07) is 4.93. The van der Waals surface area contributed by atoms with Crippen LogP contribution in [0.4, 0.5) is 4.39 Å². The van der Waals surface area contributed by atoms with Crippen molar-refractivity contribution >= 4 is 23.3 Å². The second-order valence-corrected chi connectivity index (χ2v) is 5.34. The maximum Gasteiger partial charge on any atom is 0.379 e. The molecule has 0 bridgehead atoms. The van der Waals surface area contributed by atoms with E-state index >= 15 is 0 Å². The van der Waals surface area contributed by atoms with Gasteiger partial charge in [-0.25, -0.2) is 14.0 Å². The Kier molecular flexibility index (Phi) is 6.63. The fraction of sp³-hybridized carbons (Fsp3) is 0.353. The van der Waals surface area contributed by atoms with Gasteiger partial charge in [-0.2, -0.15) is 0 Å². The standard InChI is InChI=1S/C17H19FO5/c1-10(2)22-16(20)14(12-5-7-13(18)8-6-12)9-15(19)17(21)23-11(3)4/h5-11H,1-4H3/b14-9+. The largest absolute Gasteiger partial charge is 0.459 e. The Morgan fingerprint density at radius 3 is 1.87 bits per heavy atom. The van der Waals surface area contributed by atoms with Gasteiger partial charge in [-0.15, -0.1) is 0 Å². The molecular weight excluding hydrogens is 303 g/mol. The van der Waals surface area contributed by atoms with Crippen LogP contribution in [0.25, 0.3) is 5.57 Å². The van der Waals surface area contributed by atoms with Crippen molar-refractivity contribution in [1.82, 2.24) is 0 Å². The lowest BCUT2D eigenvalue weighted by atomic mass is 10.0. The van der Waals surface area contributed by atoms with E-state index in [0.29, 0.717) is 0 Å². The van der Waals surface area contributed by atoms with Crippen LogP contribution < -0.4 is 0 Å². The Hall–Kier alpha value is -2.50. The molecule has 0 aliphatic rings. The second kappa shape index (κ2) is 8.22. The summed E-state index contributed by atoms with van der Waals surface area (Å²) >= 11 is 0. The third-order valence-electron chi connectivity index (χ3n) is 2.54. The van der Waals surface area contributed by atoms with Crippen LogP contribution in [-0.4, -0.2) is 29.9 Å².